The summed E-state index contributed by atoms with van der Waals surface area (Å²) >= 11 is 0. The molecule has 0 aliphatic carbocycles. The van der Waals surface area contributed by atoms with Crippen molar-refractivity contribution in [2.75, 3.05) is 26.7 Å². The van der Waals surface area contributed by atoms with E-state index in [2.05, 4.69) is 54.5 Å². The van der Waals surface area contributed by atoms with Crippen molar-refractivity contribution in [3.05, 3.63) is 35.9 Å². The predicted octanol–water partition coefficient (Wildman–Crippen LogP) is 2.45. The van der Waals surface area contributed by atoms with E-state index < -0.39 is 0 Å². The number of nitrogens with one attached hydrogen (secondary N) is 1. The Morgan fingerprint density at radius 3 is 2.45 bits per heavy atom. The van der Waals surface area contributed by atoms with E-state index in [1.165, 1.54) is 18.4 Å². The third-order valence-corrected chi connectivity index (χ3v) is 4.70. The molecular weight excluding hydrogens is 248 g/mol. The van der Waals surface area contributed by atoms with E-state index in [0.717, 1.165) is 19.6 Å². The molecule has 4 unspecified atom stereocenters. The van der Waals surface area contributed by atoms with Crippen LogP contribution in [0.5, 0.6) is 0 Å². The minimum absolute atomic E-state index is 0.427. The Bertz CT molecular complexity index is 410. The van der Waals surface area contributed by atoms with Gasteiger partial charge in [-0.2, -0.15) is 0 Å². The van der Waals surface area contributed by atoms with Gasteiger partial charge in [0.2, 0.25) is 0 Å². The molecule has 3 heteroatoms. The number of hydrogen-bond donors (Lipinski definition) is 1. The molecule has 0 saturated carbocycles. The van der Waals surface area contributed by atoms with Crippen LogP contribution in [0.15, 0.2) is 30.3 Å². The molecule has 3 nitrogen and oxygen atoms in total. The summed E-state index contributed by atoms with van der Waals surface area (Å²) in [7, 11) is 2.07. The van der Waals surface area contributed by atoms with Gasteiger partial charge in [0.15, 0.2) is 0 Å². The van der Waals surface area contributed by atoms with Crippen molar-refractivity contribution in [1.29, 1.82) is 0 Å². The molecule has 0 radical (unpaired) electrons. The maximum Gasteiger partial charge on any atom is 0.0707 e. The highest BCUT2D eigenvalue weighted by atomic mass is 16.5. The summed E-state index contributed by atoms with van der Waals surface area (Å²) in [6.45, 7) is 5.74. The lowest BCUT2D eigenvalue weighted by atomic mass is 9.94. The molecule has 0 amide bonds. The van der Waals surface area contributed by atoms with Crippen LogP contribution in [-0.2, 0) is 4.74 Å². The van der Waals surface area contributed by atoms with E-state index in [1.807, 2.05) is 0 Å². The van der Waals surface area contributed by atoms with Crippen LogP contribution in [0.1, 0.15) is 31.4 Å². The fourth-order valence-electron chi connectivity index (χ4n) is 3.80. The monoisotopic (exact) mass is 274 g/mol. The molecule has 1 N–H and O–H groups in total. The Hall–Kier alpha value is -0.900. The molecular formula is C17H26N2O. The van der Waals surface area contributed by atoms with Gasteiger partial charge in [0.05, 0.1) is 12.2 Å². The smallest absolute Gasteiger partial charge is 0.0707 e. The molecule has 2 saturated heterocycles. The molecule has 2 fully saturated rings. The molecule has 3 rings (SSSR count). The summed E-state index contributed by atoms with van der Waals surface area (Å²) in [5.41, 5.74) is 1.39. The Balaban J connectivity index is 1.61. The van der Waals surface area contributed by atoms with Gasteiger partial charge in [-0.05, 0) is 31.4 Å². The second-order valence-electron chi connectivity index (χ2n) is 6.33. The Morgan fingerprint density at radius 2 is 1.85 bits per heavy atom. The van der Waals surface area contributed by atoms with Crippen LogP contribution >= 0.6 is 0 Å². The van der Waals surface area contributed by atoms with Gasteiger partial charge in [0.1, 0.15) is 0 Å². The largest absolute Gasteiger partial charge is 0.372 e. The summed E-state index contributed by atoms with van der Waals surface area (Å²) < 4.78 is 5.92. The highest BCUT2D eigenvalue weighted by molar-refractivity contribution is 5.19. The zero-order valence-electron chi connectivity index (χ0n) is 12.6. The molecule has 0 spiro atoms. The van der Waals surface area contributed by atoms with Gasteiger partial charge in [-0.3, -0.25) is 4.90 Å². The number of benzene rings is 1. The fourth-order valence-corrected chi connectivity index (χ4v) is 3.80. The fraction of sp³-hybridized carbons (Fsp3) is 0.647. The van der Waals surface area contributed by atoms with Crippen LogP contribution in [0.25, 0.3) is 0 Å². The Morgan fingerprint density at radius 1 is 1.20 bits per heavy atom. The van der Waals surface area contributed by atoms with Gasteiger partial charge in [-0.1, -0.05) is 37.3 Å². The van der Waals surface area contributed by atoms with Crippen LogP contribution < -0.4 is 5.32 Å². The van der Waals surface area contributed by atoms with E-state index in [1.54, 1.807) is 0 Å². The Labute approximate surface area is 122 Å². The minimum Gasteiger partial charge on any atom is -0.372 e. The molecule has 20 heavy (non-hydrogen) atoms. The number of morpholine rings is 1. The summed E-state index contributed by atoms with van der Waals surface area (Å²) in [6.07, 6.45) is 3.49. The van der Waals surface area contributed by atoms with Crippen molar-refractivity contribution in [2.45, 2.75) is 38.0 Å². The van der Waals surface area contributed by atoms with Crippen molar-refractivity contribution in [1.82, 2.24) is 10.2 Å². The van der Waals surface area contributed by atoms with Gasteiger partial charge in [-0.25, -0.2) is 0 Å². The van der Waals surface area contributed by atoms with Crippen molar-refractivity contribution in [3.63, 3.8) is 0 Å². The molecule has 0 aromatic heterocycles. The van der Waals surface area contributed by atoms with Gasteiger partial charge < -0.3 is 10.1 Å². The quantitative estimate of drug-likeness (QED) is 0.892. The van der Waals surface area contributed by atoms with E-state index in [-0.39, 0.29) is 0 Å². The zero-order valence-corrected chi connectivity index (χ0v) is 12.6. The highest BCUT2D eigenvalue weighted by Gasteiger charge is 2.34. The number of hydrogen-bond acceptors (Lipinski definition) is 3. The first-order chi connectivity index (χ1) is 9.76. The molecule has 2 bridgehead atoms. The van der Waals surface area contributed by atoms with Crippen LogP contribution in [0.3, 0.4) is 0 Å². The lowest BCUT2D eigenvalue weighted by Crippen LogP contribution is -2.45. The Kier molecular flexibility index (Phi) is 4.39. The standard InChI is InChI=1S/C17H26N2O/c1-13(17(18-2)14-6-4-3-5-7-14)10-19-11-15-8-9-16(12-19)20-15/h3-7,13,15-18H,8-12H2,1-2H3. The van der Waals surface area contributed by atoms with Crippen molar-refractivity contribution >= 4 is 0 Å². The summed E-state index contributed by atoms with van der Waals surface area (Å²) in [4.78, 5) is 2.60. The maximum atomic E-state index is 5.92. The number of fused-ring (bicyclic) bond motifs is 2. The first kappa shape index (κ1) is 14.1. The molecule has 2 aliphatic rings. The third kappa shape index (κ3) is 3.05. The molecule has 1 aromatic rings. The normalized spacial score (nSPS) is 29.3. The SMILES string of the molecule is CNC(c1ccccc1)C(C)CN1CC2CCC(C1)O2. The van der Waals surface area contributed by atoms with Crippen molar-refractivity contribution in [3.8, 4) is 0 Å². The van der Waals surface area contributed by atoms with Crippen molar-refractivity contribution in [2.24, 2.45) is 5.92 Å². The number of ether oxygens (including phenoxy) is 1. The van der Waals surface area contributed by atoms with E-state index in [0.29, 0.717) is 24.2 Å². The lowest BCUT2D eigenvalue weighted by molar-refractivity contribution is -0.0431. The first-order valence-corrected chi connectivity index (χ1v) is 7.86. The molecule has 110 valence electrons. The van der Waals surface area contributed by atoms with Gasteiger partial charge in [-0.15, -0.1) is 0 Å². The van der Waals surface area contributed by atoms with Gasteiger partial charge >= 0.3 is 0 Å². The van der Waals surface area contributed by atoms with E-state index in [9.17, 15) is 0 Å². The second-order valence-corrected chi connectivity index (χ2v) is 6.33. The maximum absolute atomic E-state index is 5.92. The summed E-state index contributed by atoms with van der Waals surface area (Å²) in [5, 5.41) is 3.49. The minimum atomic E-state index is 0.427. The zero-order chi connectivity index (χ0) is 13.9. The molecule has 2 heterocycles. The molecule has 2 aliphatic heterocycles. The van der Waals surface area contributed by atoms with Crippen LogP contribution in [0.4, 0.5) is 0 Å². The van der Waals surface area contributed by atoms with Crippen molar-refractivity contribution < 1.29 is 4.74 Å². The number of rotatable bonds is 5. The van der Waals surface area contributed by atoms with E-state index >= 15 is 0 Å². The number of nitrogens with zero attached hydrogens (tertiary/aromatic N) is 1. The second kappa shape index (κ2) is 6.25. The summed E-state index contributed by atoms with van der Waals surface area (Å²) in [6, 6.07) is 11.2. The average Bonchev–Trinajstić information content (AvgIpc) is 2.80. The topological polar surface area (TPSA) is 24.5 Å². The summed E-state index contributed by atoms with van der Waals surface area (Å²) in [5.74, 6) is 0.597. The lowest BCUT2D eigenvalue weighted by Gasteiger charge is -2.35. The van der Waals surface area contributed by atoms with Crippen LogP contribution in [0.2, 0.25) is 0 Å². The average molecular weight is 274 g/mol. The van der Waals surface area contributed by atoms with E-state index in [4.69, 9.17) is 4.74 Å². The van der Waals surface area contributed by atoms with Gasteiger partial charge in [0, 0.05) is 25.7 Å². The predicted molar refractivity (Wildman–Crippen MR) is 81.7 cm³/mol. The highest BCUT2D eigenvalue weighted by Crippen LogP contribution is 2.28. The molecule has 1 aromatic carbocycles. The molecule has 4 atom stereocenters. The van der Waals surface area contributed by atoms with Crippen LogP contribution in [-0.4, -0.2) is 43.8 Å². The third-order valence-electron chi connectivity index (χ3n) is 4.70. The number of likely N-dealkylation sites (tertiary alicyclic amines) is 1. The van der Waals surface area contributed by atoms with Crippen LogP contribution in [0, 0.1) is 5.92 Å². The first-order valence-electron chi connectivity index (χ1n) is 7.86. The van der Waals surface area contributed by atoms with Gasteiger partial charge in [0.25, 0.3) is 0 Å².